The number of hydrogen-bond donors (Lipinski definition) is 0. The molecular formula is C16H23N3O. The van der Waals surface area contributed by atoms with Crippen LogP contribution in [0, 0.1) is 0 Å². The Bertz CT molecular complexity index is 598. The molecule has 0 aromatic carbocycles. The summed E-state index contributed by atoms with van der Waals surface area (Å²) in [6, 6.07) is 7.41. The lowest BCUT2D eigenvalue weighted by Gasteiger charge is -2.25. The van der Waals surface area contributed by atoms with Crippen LogP contribution in [-0.4, -0.2) is 22.5 Å². The molecule has 2 heterocycles. The molecule has 0 saturated heterocycles. The van der Waals surface area contributed by atoms with Gasteiger partial charge in [-0.15, -0.1) is 0 Å². The molecular weight excluding hydrogens is 250 g/mol. The Morgan fingerprint density at radius 2 is 1.85 bits per heavy atom. The number of rotatable bonds is 7. The van der Waals surface area contributed by atoms with Crippen molar-refractivity contribution in [2.24, 2.45) is 0 Å². The molecule has 2 rings (SSSR count). The van der Waals surface area contributed by atoms with Crippen molar-refractivity contribution >= 4 is 11.5 Å². The van der Waals surface area contributed by atoms with Crippen LogP contribution in [0.1, 0.15) is 39.5 Å². The number of hydrogen-bond acceptors (Lipinski definition) is 3. The van der Waals surface area contributed by atoms with Gasteiger partial charge in [-0.3, -0.25) is 9.20 Å². The minimum atomic E-state index is -0.163. The molecule has 0 bridgehead atoms. The van der Waals surface area contributed by atoms with Crippen molar-refractivity contribution in [1.82, 2.24) is 9.38 Å². The van der Waals surface area contributed by atoms with Gasteiger partial charge >= 0.3 is 0 Å². The number of nitrogens with zero attached hydrogens (tertiary/aromatic N) is 3. The minimum absolute atomic E-state index is 0.163. The van der Waals surface area contributed by atoms with Gasteiger partial charge in [-0.1, -0.05) is 32.8 Å². The fourth-order valence-electron chi connectivity index (χ4n) is 2.33. The summed E-state index contributed by atoms with van der Waals surface area (Å²) in [5.41, 5.74) is 0.553. The molecule has 4 heteroatoms. The first-order valence-corrected chi connectivity index (χ1v) is 7.49. The van der Waals surface area contributed by atoms with Crippen LogP contribution in [0.4, 0.5) is 5.82 Å². The Hall–Kier alpha value is -1.84. The van der Waals surface area contributed by atoms with E-state index in [9.17, 15) is 4.79 Å². The second-order valence-electron chi connectivity index (χ2n) is 5.08. The Labute approximate surface area is 120 Å². The molecule has 0 unspecified atom stereocenters. The van der Waals surface area contributed by atoms with E-state index in [2.05, 4.69) is 23.7 Å². The van der Waals surface area contributed by atoms with Crippen LogP contribution in [0.3, 0.4) is 0 Å². The van der Waals surface area contributed by atoms with Gasteiger partial charge in [0.25, 0.3) is 5.56 Å². The van der Waals surface area contributed by atoms with Crippen molar-refractivity contribution in [2.45, 2.75) is 39.5 Å². The van der Waals surface area contributed by atoms with E-state index >= 15 is 0 Å². The largest absolute Gasteiger partial charge is 0.358 e. The second-order valence-corrected chi connectivity index (χ2v) is 5.08. The van der Waals surface area contributed by atoms with Gasteiger partial charge in [-0.25, -0.2) is 0 Å². The van der Waals surface area contributed by atoms with Crippen LogP contribution in [0.2, 0.25) is 0 Å². The molecule has 0 aliphatic rings. The molecule has 0 atom stereocenters. The van der Waals surface area contributed by atoms with Crippen molar-refractivity contribution in [2.75, 3.05) is 18.0 Å². The first kappa shape index (κ1) is 14.6. The Kier molecular flexibility index (Phi) is 5.16. The highest BCUT2D eigenvalue weighted by Gasteiger charge is 2.10. The third kappa shape index (κ3) is 3.38. The van der Waals surface area contributed by atoms with Crippen LogP contribution < -0.4 is 10.5 Å². The Morgan fingerprint density at radius 3 is 2.50 bits per heavy atom. The highest BCUT2D eigenvalue weighted by molar-refractivity contribution is 5.49. The van der Waals surface area contributed by atoms with Gasteiger partial charge in [0.2, 0.25) is 0 Å². The predicted octanol–water partition coefficient (Wildman–Crippen LogP) is 3.10. The van der Waals surface area contributed by atoms with Gasteiger partial charge < -0.3 is 4.90 Å². The zero-order valence-corrected chi connectivity index (χ0v) is 12.4. The number of anilines is 1. The lowest BCUT2D eigenvalue weighted by molar-refractivity contribution is 0.666. The molecule has 0 fully saturated rings. The van der Waals surface area contributed by atoms with Gasteiger partial charge in [0.15, 0.2) is 0 Å². The maximum atomic E-state index is 11.8. The van der Waals surface area contributed by atoms with Crippen molar-refractivity contribution in [3.63, 3.8) is 0 Å². The van der Waals surface area contributed by atoms with Crippen LogP contribution in [-0.2, 0) is 0 Å². The maximum Gasteiger partial charge on any atom is 0.275 e. The highest BCUT2D eigenvalue weighted by Crippen LogP contribution is 2.15. The average molecular weight is 273 g/mol. The smallest absolute Gasteiger partial charge is 0.275 e. The zero-order chi connectivity index (χ0) is 14.4. The van der Waals surface area contributed by atoms with Crippen LogP contribution in [0.5, 0.6) is 0 Å². The molecule has 0 radical (unpaired) electrons. The van der Waals surface area contributed by atoms with E-state index < -0.39 is 0 Å². The summed E-state index contributed by atoms with van der Waals surface area (Å²) in [4.78, 5) is 18.2. The third-order valence-electron chi connectivity index (χ3n) is 3.45. The summed E-state index contributed by atoms with van der Waals surface area (Å²) >= 11 is 0. The molecule has 0 aliphatic heterocycles. The standard InChI is InChI=1S/C16H23N3O/c1-3-5-10-18(11-6-4-2)16-13-15(20)17-14-9-7-8-12-19(14)16/h7-9,12-13H,3-6,10-11H2,1-2H3. The van der Waals surface area contributed by atoms with Gasteiger partial charge in [0, 0.05) is 25.4 Å². The molecule has 0 N–H and O–H groups in total. The average Bonchev–Trinajstić information content (AvgIpc) is 2.46. The van der Waals surface area contributed by atoms with E-state index in [0.29, 0.717) is 5.65 Å². The number of pyridine rings is 1. The minimum Gasteiger partial charge on any atom is -0.358 e. The molecule has 0 spiro atoms. The fourth-order valence-corrected chi connectivity index (χ4v) is 2.33. The predicted molar refractivity (Wildman–Crippen MR) is 83.5 cm³/mol. The van der Waals surface area contributed by atoms with E-state index in [1.54, 1.807) is 6.07 Å². The second kappa shape index (κ2) is 7.08. The van der Waals surface area contributed by atoms with E-state index in [-0.39, 0.29) is 5.56 Å². The van der Waals surface area contributed by atoms with Crippen LogP contribution >= 0.6 is 0 Å². The number of aromatic nitrogens is 2. The first-order chi connectivity index (χ1) is 9.76. The quantitative estimate of drug-likeness (QED) is 0.778. The number of unbranched alkanes of at least 4 members (excludes halogenated alkanes) is 2. The Balaban J connectivity index is 2.42. The van der Waals surface area contributed by atoms with Gasteiger partial charge in [0.1, 0.15) is 11.5 Å². The van der Waals surface area contributed by atoms with Gasteiger partial charge in [-0.2, -0.15) is 4.98 Å². The first-order valence-electron chi connectivity index (χ1n) is 7.49. The fraction of sp³-hybridized carbons (Fsp3) is 0.500. The van der Waals surface area contributed by atoms with E-state index in [1.807, 2.05) is 28.8 Å². The van der Waals surface area contributed by atoms with E-state index in [1.165, 1.54) is 0 Å². The molecule has 0 saturated carbocycles. The van der Waals surface area contributed by atoms with Crippen molar-refractivity contribution < 1.29 is 0 Å². The Morgan fingerprint density at radius 1 is 1.15 bits per heavy atom. The maximum absolute atomic E-state index is 11.8. The van der Waals surface area contributed by atoms with Crippen molar-refractivity contribution in [1.29, 1.82) is 0 Å². The molecule has 4 nitrogen and oxygen atoms in total. The zero-order valence-electron chi connectivity index (χ0n) is 12.4. The van der Waals surface area contributed by atoms with Crippen molar-refractivity contribution in [3.8, 4) is 0 Å². The molecule has 0 amide bonds. The summed E-state index contributed by atoms with van der Waals surface area (Å²) in [6.07, 6.45) is 6.55. The molecule has 2 aromatic rings. The summed E-state index contributed by atoms with van der Waals surface area (Å²) < 4.78 is 2.01. The summed E-state index contributed by atoms with van der Waals surface area (Å²) in [5, 5.41) is 0. The number of fused-ring (bicyclic) bond motifs is 1. The van der Waals surface area contributed by atoms with Crippen molar-refractivity contribution in [3.05, 3.63) is 40.8 Å². The summed E-state index contributed by atoms with van der Waals surface area (Å²) in [5.74, 6) is 0.961. The SMILES string of the molecule is CCCCN(CCCC)c1cc(=O)nc2ccccn12. The lowest BCUT2D eigenvalue weighted by atomic mass is 10.2. The van der Waals surface area contributed by atoms with Gasteiger partial charge in [-0.05, 0) is 25.0 Å². The van der Waals surface area contributed by atoms with E-state index in [0.717, 1.165) is 44.6 Å². The van der Waals surface area contributed by atoms with Crippen LogP contribution in [0.15, 0.2) is 35.3 Å². The van der Waals surface area contributed by atoms with Crippen LogP contribution in [0.25, 0.3) is 5.65 Å². The topological polar surface area (TPSA) is 37.6 Å². The highest BCUT2D eigenvalue weighted by atomic mass is 16.1. The lowest BCUT2D eigenvalue weighted by Crippen LogP contribution is -2.29. The monoisotopic (exact) mass is 273 g/mol. The van der Waals surface area contributed by atoms with Gasteiger partial charge in [0.05, 0.1) is 0 Å². The third-order valence-corrected chi connectivity index (χ3v) is 3.45. The molecule has 0 aliphatic carbocycles. The molecule has 2 aromatic heterocycles. The molecule has 20 heavy (non-hydrogen) atoms. The molecule has 108 valence electrons. The van der Waals surface area contributed by atoms with E-state index in [4.69, 9.17) is 0 Å². The normalized spacial score (nSPS) is 10.9. The summed E-state index contributed by atoms with van der Waals surface area (Å²) in [7, 11) is 0. The summed E-state index contributed by atoms with van der Waals surface area (Å²) in [6.45, 7) is 6.34.